The van der Waals surface area contributed by atoms with E-state index in [0.717, 1.165) is 6.42 Å². The first-order valence-electron chi connectivity index (χ1n) is 4.02. The Balaban J connectivity index is 3.83. The minimum absolute atomic E-state index is 0.232. The number of hydrogen-bond donors (Lipinski definition) is 4. The first-order valence-corrected chi connectivity index (χ1v) is 4.02. The summed E-state index contributed by atoms with van der Waals surface area (Å²) >= 11 is 0. The van der Waals surface area contributed by atoms with Gasteiger partial charge in [-0.1, -0.05) is 6.92 Å². The molecule has 4 heteroatoms. The van der Waals surface area contributed by atoms with Gasteiger partial charge in [-0.05, 0) is 31.8 Å². The molecule has 0 amide bonds. The van der Waals surface area contributed by atoms with E-state index in [0.29, 0.717) is 19.5 Å². The summed E-state index contributed by atoms with van der Waals surface area (Å²) < 4.78 is 0. The molecule has 0 rings (SSSR count). The topological polar surface area (TPSA) is 104 Å². The average molecular weight is 160 g/mol. The predicted molar refractivity (Wildman–Crippen MR) is 47.6 cm³/mol. The van der Waals surface area contributed by atoms with E-state index in [1.807, 2.05) is 6.92 Å². The van der Waals surface area contributed by atoms with Crippen LogP contribution in [-0.2, 0) is 0 Å². The molecule has 8 N–H and O–H groups in total. The summed E-state index contributed by atoms with van der Waals surface area (Å²) in [6.07, 6.45) is 1.50. The van der Waals surface area contributed by atoms with Crippen LogP contribution in [0.5, 0.6) is 0 Å². The van der Waals surface area contributed by atoms with E-state index in [1.54, 1.807) is 0 Å². The van der Waals surface area contributed by atoms with Crippen molar-refractivity contribution in [2.75, 3.05) is 13.1 Å². The second-order valence-corrected chi connectivity index (χ2v) is 3.13. The van der Waals surface area contributed by atoms with Gasteiger partial charge in [0.1, 0.15) is 0 Å². The van der Waals surface area contributed by atoms with Crippen molar-refractivity contribution in [3.8, 4) is 0 Å². The van der Waals surface area contributed by atoms with Gasteiger partial charge in [0.15, 0.2) is 0 Å². The molecule has 0 aliphatic heterocycles. The molecule has 0 fully saturated rings. The minimum atomic E-state index is -0.645. The van der Waals surface area contributed by atoms with E-state index in [1.165, 1.54) is 0 Å². The lowest BCUT2D eigenvalue weighted by atomic mass is 9.90. The van der Waals surface area contributed by atoms with Gasteiger partial charge in [0.2, 0.25) is 0 Å². The quantitative estimate of drug-likeness (QED) is 0.384. The van der Waals surface area contributed by atoms with E-state index >= 15 is 0 Å². The van der Waals surface area contributed by atoms with Crippen LogP contribution in [0.15, 0.2) is 0 Å². The van der Waals surface area contributed by atoms with Crippen molar-refractivity contribution in [3.05, 3.63) is 0 Å². The number of nitrogens with two attached hydrogens (primary N) is 4. The predicted octanol–water partition coefficient (Wildman–Crippen LogP) is -1.07. The second kappa shape index (κ2) is 4.66. The molecule has 4 nitrogen and oxygen atoms in total. The molecule has 68 valence electrons. The summed E-state index contributed by atoms with van der Waals surface area (Å²) in [4.78, 5) is 0. The van der Waals surface area contributed by atoms with Crippen molar-refractivity contribution in [2.24, 2.45) is 28.9 Å². The van der Waals surface area contributed by atoms with Crippen molar-refractivity contribution < 1.29 is 0 Å². The largest absolute Gasteiger partial charge is 0.330 e. The van der Waals surface area contributed by atoms with Crippen LogP contribution in [0.4, 0.5) is 0 Å². The molecule has 0 aliphatic rings. The Hall–Kier alpha value is -0.160. The molecule has 0 radical (unpaired) electrons. The summed E-state index contributed by atoms with van der Waals surface area (Å²) in [5.74, 6) is 0.232. The first kappa shape index (κ1) is 10.8. The molecular weight excluding hydrogens is 140 g/mol. The fourth-order valence-corrected chi connectivity index (χ4v) is 1.02. The fourth-order valence-electron chi connectivity index (χ4n) is 1.02. The van der Waals surface area contributed by atoms with Crippen LogP contribution in [0.2, 0.25) is 0 Å². The lowest BCUT2D eigenvalue weighted by Gasteiger charge is -2.30. The standard InChI is InChI=1S/C7H20N4/c1-6(2-4-8)7(10,11)3-5-9/h6H,2-5,8-11H2,1H3. The zero-order valence-corrected chi connectivity index (χ0v) is 7.22. The maximum Gasteiger partial charge on any atom is 0.0675 e. The molecule has 0 aromatic heterocycles. The van der Waals surface area contributed by atoms with Crippen LogP contribution in [0.25, 0.3) is 0 Å². The monoisotopic (exact) mass is 160 g/mol. The van der Waals surface area contributed by atoms with Gasteiger partial charge in [0.05, 0.1) is 5.66 Å². The van der Waals surface area contributed by atoms with E-state index in [4.69, 9.17) is 22.9 Å². The molecule has 0 saturated heterocycles. The van der Waals surface area contributed by atoms with Crippen LogP contribution in [0, 0.1) is 5.92 Å². The highest BCUT2D eigenvalue weighted by Crippen LogP contribution is 2.14. The van der Waals surface area contributed by atoms with Crippen LogP contribution in [0.3, 0.4) is 0 Å². The maximum atomic E-state index is 5.80. The Morgan fingerprint density at radius 2 is 1.73 bits per heavy atom. The molecule has 0 spiro atoms. The lowest BCUT2D eigenvalue weighted by molar-refractivity contribution is 0.271. The molecule has 0 bridgehead atoms. The summed E-state index contributed by atoms with van der Waals surface area (Å²) in [7, 11) is 0. The fraction of sp³-hybridized carbons (Fsp3) is 1.00. The Morgan fingerprint density at radius 3 is 2.09 bits per heavy atom. The van der Waals surface area contributed by atoms with Gasteiger partial charge in [-0.15, -0.1) is 0 Å². The van der Waals surface area contributed by atoms with Crippen LogP contribution < -0.4 is 22.9 Å². The van der Waals surface area contributed by atoms with Crippen molar-refractivity contribution >= 4 is 0 Å². The average Bonchev–Trinajstić information content (AvgIpc) is 1.88. The van der Waals surface area contributed by atoms with Crippen LogP contribution >= 0.6 is 0 Å². The van der Waals surface area contributed by atoms with E-state index in [-0.39, 0.29) is 5.92 Å². The molecule has 11 heavy (non-hydrogen) atoms. The lowest BCUT2D eigenvalue weighted by Crippen LogP contribution is -2.56. The molecule has 0 saturated carbocycles. The van der Waals surface area contributed by atoms with Gasteiger partial charge in [0.25, 0.3) is 0 Å². The van der Waals surface area contributed by atoms with Crippen LogP contribution in [0.1, 0.15) is 19.8 Å². The molecule has 0 aromatic rings. The number of hydrogen-bond acceptors (Lipinski definition) is 4. The van der Waals surface area contributed by atoms with E-state index in [9.17, 15) is 0 Å². The van der Waals surface area contributed by atoms with Crippen molar-refractivity contribution in [2.45, 2.75) is 25.4 Å². The summed E-state index contributed by atoms with van der Waals surface area (Å²) in [5, 5.41) is 0. The molecule has 0 aliphatic carbocycles. The molecule has 0 aromatic carbocycles. The van der Waals surface area contributed by atoms with Gasteiger partial charge in [0, 0.05) is 0 Å². The Bertz CT molecular complexity index is 103. The Kier molecular flexibility index (Phi) is 4.60. The van der Waals surface area contributed by atoms with Crippen molar-refractivity contribution in [1.82, 2.24) is 0 Å². The van der Waals surface area contributed by atoms with Crippen LogP contribution in [-0.4, -0.2) is 18.8 Å². The highest BCUT2D eigenvalue weighted by atomic mass is 15.0. The third kappa shape index (κ3) is 3.67. The SMILES string of the molecule is CC(CCN)C(N)(N)CCN. The van der Waals surface area contributed by atoms with E-state index in [2.05, 4.69) is 0 Å². The van der Waals surface area contributed by atoms with Gasteiger partial charge >= 0.3 is 0 Å². The maximum absolute atomic E-state index is 5.80. The summed E-state index contributed by atoms with van der Waals surface area (Å²) in [6, 6.07) is 0. The number of rotatable bonds is 5. The zero-order chi connectivity index (χ0) is 8.91. The molecule has 1 atom stereocenters. The molecular formula is C7H20N4. The second-order valence-electron chi connectivity index (χ2n) is 3.13. The molecule has 1 unspecified atom stereocenters. The van der Waals surface area contributed by atoms with Gasteiger partial charge < -0.3 is 22.9 Å². The first-order chi connectivity index (χ1) is 5.04. The van der Waals surface area contributed by atoms with E-state index < -0.39 is 5.66 Å². The molecule has 0 heterocycles. The smallest absolute Gasteiger partial charge is 0.0675 e. The normalized spacial score (nSPS) is 15.0. The summed E-state index contributed by atoms with van der Waals surface area (Å²) in [5.41, 5.74) is 21.7. The van der Waals surface area contributed by atoms with Gasteiger partial charge in [-0.2, -0.15) is 0 Å². The third-order valence-corrected chi connectivity index (χ3v) is 2.09. The Morgan fingerprint density at radius 1 is 1.18 bits per heavy atom. The van der Waals surface area contributed by atoms with Crippen molar-refractivity contribution in [1.29, 1.82) is 0 Å². The van der Waals surface area contributed by atoms with Crippen molar-refractivity contribution in [3.63, 3.8) is 0 Å². The van der Waals surface area contributed by atoms with Gasteiger partial charge in [-0.25, -0.2) is 0 Å². The zero-order valence-electron chi connectivity index (χ0n) is 7.22. The third-order valence-electron chi connectivity index (χ3n) is 2.09. The van der Waals surface area contributed by atoms with Gasteiger partial charge in [-0.3, -0.25) is 0 Å². The highest BCUT2D eigenvalue weighted by Gasteiger charge is 2.25. The minimum Gasteiger partial charge on any atom is -0.330 e. The highest BCUT2D eigenvalue weighted by molar-refractivity contribution is 4.83. The Labute approximate surface area is 68.3 Å². The summed E-state index contributed by atoms with van der Waals surface area (Å²) in [6.45, 7) is 3.16.